The number of nitrogens with zero attached hydrogens (tertiary/aromatic N) is 1. The van der Waals surface area contributed by atoms with Crippen LogP contribution in [0.4, 0.5) is 5.69 Å². The molecular formula is C17H25N3O2. The summed E-state index contributed by atoms with van der Waals surface area (Å²) in [4.78, 5) is 25.7. The van der Waals surface area contributed by atoms with Crippen LogP contribution in [0.5, 0.6) is 0 Å². The zero-order chi connectivity index (χ0) is 16.1. The molecule has 2 rings (SSSR count). The number of hydrogen-bond donors (Lipinski definition) is 2. The van der Waals surface area contributed by atoms with Gasteiger partial charge in [0.15, 0.2) is 0 Å². The van der Waals surface area contributed by atoms with Crippen LogP contribution in [0.25, 0.3) is 0 Å². The topological polar surface area (TPSA) is 75.4 Å². The molecule has 0 aliphatic carbocycles. The van der Waals surface area contributed by atoms with Gasteiger partial charge in [-0.15, -0.1) is 0 Å². The predicted molar refractivity (Wildman–Crippen MR) is 87.8 cm³/mol. The lowest BCUT2D eigenvalue weighted by Crippen LogP contribution is -2.41. The molecule has 1 fully saturated rings. The minimum Gasteiger partial charge on any atom is -0.348 e. The minimum absolute atomic E-state index is 0.00710. The third-order valence-corrected chi connectivity index (χ3v) is 3.89. The molecule has 1 unspecified atom stereocenters. The first-order chi connectivity index (χ1) is 10.5. The fourth-order valence-electron chi connectivity index (χ4n) is 2.77. The van der Waals surface area contributed by atoms with Gasteiger partial charge in [0.2, 0.25) is 5.91 Å². The van der Waals surface area contributed by atoms with Gasteiger partial charge in [0.25, 0.3) is 5.91 Å². The van der Waals surface area contributed by atoms with Crippen LogP contribution in [0.3, 0.4) is 0 Å². The molecule has 0 radical (unpaired) electrons. The van der Waals surface area contributed by atoms with Gasteiger partial charge in [0, 0.05) is 36.8 Å². The second-order valence-electron chi connectivity index (χ2n) is 6.23. The lowest BCUT2D eigenvalue weighted by Gasteiger charge is -2.19. The Labute approximate surface area is 131 Å². The third-order valence-electron chi connectivity index (χ3n) is 3.89. The first-order valence-electron chi connectivity index (χ1n) is 7.92. The average Bonchev–Trinajstić information content (AvgIpc) is 2.92. The zero-order valence-electron chi connectivity index (χ0n) is 13.3. The monoisotopic (exact) mass is 303 g/mol. The van der Waals surface area contributed by atoms with E-state index in [0.717, 1.165) is 25.1 Å². The molecule has 1 aromatic rings. The standard InChI is InChI=1S/C17H25N3O2/c1-12(2)10-14(11-18)19-17(22)13-5-7-15(8-6-13)20-9-3-4-16(20)21/h5-8,12,14H,3-4,9-11,18H2,1-2H3,(H,19,22). The van der Waals surface area contributed by atoms with E-state index >= 15 is 0 Å². The Morgan fingerprint density at radius 1 is 1.32 bits per heavy atom. The predicted octanol–water partition coefficient (Wildman–Crippen LogP) is 1.92. The normalized spacial score (nSPS) is 16.2. The molecule has 1 atom stereocenters. The van der Waals surface area contributed by atoms with Gasteiger partial charge in [0.1, 0.15) is 0 Å². The van der Waals surface area contributed by atoms with Gasteiger partial charge >= 0.3 is 0 Å². The summed E-state index contributed by atoms with van der Waals surface area (Å²) in [5.41, 5.74) is 7.16. The van der Waals surface area contributed by atoms with Gasteiger partial charge in [-0.2, -0.15) is 0 Å². The maximum atomic E-state index is 12.2. The number of carbonyl (C=O) groups is 2. The SMILES string of the molecule is CC(C)CC(CN)NC(=O)c1ccc(N2CCCC2=O)cc1. The second-order valence-corrected chi connectivity index (χ2v) is 6.23. The second kappa shape index (κ2) is 7.40. The van der Waals surface area contributed by atoms with E-state index < -0.39 is 0 Å². The summed E-state index contributed by atoms with van der Waals surface area (Å²) < 4.78 is 0. The molecule has 1 saturated heterocycles. The van der Waals surface area contributed by atoms with Crippen molar-refractivity contribution in [2.24, 2.45) is 11.7 Å². The Morgan fingerprint density at radius 2 is 2.00 bits per heavy atom. The van der Waals surface area contributed by atoms with Crippen molar-refractivity contribution in [2.75, 3.05) is 18.0 Å². The van der Waals surface area contributed by atoms with Crippen LogP contribution < -0.4 is 16.0 Å². The number of rotatable bonds is 6. The fourth-order valence-corrected chi connectivity index (χ4v) is 2.77. The highest BCUT2D eigenvalue weighted by molar-refractivity contribution is 5.97. The van der Waals surface area contributed by atoms with Crippen LogP contribution in [0.15, 0.2) is 24.3 Å². The molecule has 3 N–H and O–H groups in total. The van der Waals surface area contributed by atoms with E-state index in [1.54, 1.807) is 17.0 Å². The van der Waals surface area contributed by atoms with Gasteiger partial charge in [-0.25, -0.2) is 0 Å². The van der Waals surface area contributed by atoms with Crippen LogP contribution in [0.2, 0.25) is 0 Å². The number of hydrogen-bond acceptors (Lipinski definition) is 3. The molecule has 120 valence electrons. The summed E-state index contributed by atoms with van der Waals surface area (Å²) in [6, 6.07) is 7.18. The largest absolute Gasteiger partial charge is 0.348 e. The minimum atomic E-state index is -0.115. The van der Waals surface area contributed by atoms with Crippen molar-refractivity contribution >= 4 is 17.5 Å². The molecule has 22 heavy (non-hydrogen) atoms. The van der Waals surface area contributed by atoms with E-state index in [0.29, 0.717) is 24.4 Å². The highest BCUT2D eigenvalue weighted by Crippen LogP contribution is 2.21. The van der Waals surface area contributed by atoms with E-state index in [-0.39, 0.29) is 17.9 Å². The lowest BCUT2D eigenvalue weighted by atomic mass is 10.0. The third kappa shape index (κ3) is 4.07. The van der Waals surface area contributed by atoms with Gasteiger partial charge in [-0.1, -0.05) is 13.8 Å². The van der Waals surface area contributed by atoms with Gasteiger partial charge < -0.3 is 16.0 Å². The van der Waals surface area contributed by atoms with Crippen LogP contribution in [-0.2, 0) is 4.79 Å². The van der Waals surface area contributed by atoms with Crippen molar-refractivity contribution in [1.82, 2.24) is 5.32 Å². The van der Waals surface area contributed by atoms with Crippen molar-refractivity contribution in [2.45, 2.75) is 39.2 Å². The molecule has 2 amide bonds. The first kappa shape index (κ1) is 16.5. The lowest BCUT2D eigenvalue weighted by molar-refractivity contribution is -0.117. The molecule has 0 bridgehead atoms. The van der Waals surface area contributed by atoms with E-state index in [1.807, 2.05) is 12.1 Å². The smallest absolute Gasteiger partial charge is 0.251 e. The molecule has 1 aromatic carbocycles. The number of nitrogens with two attached hydrogens (primary N) is 1. The van der Waals surface area contributed by atoms with Crippen molar-refractivity contribution in [1.29, 1.82) is 0 Å². The number of nitrogens with one attached hydrogen (secondary N) is 1. The van der Waals surface area contributed by atoms with Gasteiger partial charge in [-0.3, -0.25) is 9.59 Å². The van der Waals surface area contributed by atoms with Crippen LogP contribution in [-0.4, -0.2) is 30.9 Å². The first-order valence-corrected chi connectivity index (χ1v) is 7.92. The molecule has 1 aliphatic heterocycles. The summed E-state index contributed by atoms with van der Waals surface area (Å²) in [6.45, 7) is 5.41. The molecular weight excluding hydrogens is 278 g/mol. The Morgan fingerprint density at radius 3 is 2.50 bits per heavy atom. The maximum Gasteiger partial charge on any atom is 0.251 e. The van der Waals surface area contributed by atoms with Crippen LogP contribution in [0.1, 0.15) is 43.5 Å². The summed E-state index contributed by atoms with van der Waals surface area (Å²) in [5.74, 6) is 0.519. The Hall–Kier alpha value is -1.88. The van der Waals surface area contributed by atoms with Gasteiger partial charge in [-0.05, 0) is 43.0 Å². The van der Waals surface area contributed by atoms with E-state index in [1.165, 1.54) is 0 Å². The molecule has 0 saturated carbocycles. The Kier molecular flexibility index (Phi) is 5.55. The molecule has 0 spiro atoms. The Bertz CT molecular complexity index is 525. The summed E-state index contributed by atoms with van der Waals surface area (Å²) in [6.07, 6.45) is 2.37. The van der Waals surface area contributed by atoms with Crippen molar-refractivity contribution in [3.8, 4) is 0 Å². The zero-order valence-corrected chi connectivity index (χ0v) is 13.3. The highest BCUT2D eigenvalue weighted by atomic mass is 16.2. The van der Waals surface area contributed by atoms with Crippen molar-refractivity contribution in [3.63, 3.8) is 0 Å². The number of carbonyl (C=O) groups excluding carboxylic acids is 2. The quantitative estimate of drug-likeness (QED) is 0.843. The van der Waals surface area contributed by atoms with Crippen molar-refractivity contribution < 1.29 is 9.59 Å². The van der Waals surface area contributed by atoms with Crippen LogP contribution >= 0.6 is 0 Å². The molecule has 1 aliphatic rings. The van der Waals surface area contributed by atoms with Crippen molar-refractivity contribution in [3.05, 3.63) is 29.8 Å². The number of benzene rings is 1. The average molecular weight is 303 g/mol. The summed E-state index contributed by atoms with van der Waals surface area (Å²) in [5, 5.41) is 2.97. The van der Waals surface area contributed by atoms with Crippen LogP contribution in [0, 0.1) is 5.92 Å². The summed E-state index contributed by atoms with van der Waals surface area (Å²) in [7, 11) is 0. The van der Waals surface area contributed by atoms with E-state index in [4.69, 9.17) is 5.73 Å². The number of amides is 2. The summed E-state index contributed by atoms with van der Waals surface area (Å²) >= 11 is 0. The maximum absolute atomic E-state index is 12.2. The molecule has 5 nitrogen and oxygen atoms in total. The fraction of sp³-hybridized carbons (Fsp3) is 0.529. The molecule has 0 aromatic heterocycles. The van der Waals surface area contributed by atoms with E-state index in [2.05, 4.69) is 19.2 Å². The number of anilines is 1. The van der Waals surface area contributed by atoms with E-state index in [9.17, 15) is 9.59 Å². The highest BCUT2D eigenvalue weighted by Gasteiger charge is 2.22. The Balaban J connectivity index is 2.00. The molecule has 1 heterocycles. The molecule has 5 heteroatoms. The van der Waals surface area contributed by atoms with Gasteiger partial charge in [0.05, 0.1) is 0 Å².